The van der Waals surface area contributed by atoms with Gasteiger partial charge in [-0.1, -0.05) is 60.7 Å². The van der Waals surface area contributed by atoms with Gasteiger partial charge in [-0.3, -0.25) is 4.79 Å². The van der Waals surface area contributed by atoms with Crippen LogP contribution in [0.1, 0.15) is 15.9 Å². The highest BCUT2D eigenvalue weighted by Gasteiger charge is 2.09. The quantitative estimate of drug-likeness (QED) is 0.503. The van der Waals surface area contributed by atoms with Crippen molar-refractivity contribution in [3.63, 3.8) is 0 Å². The van der Waals surface area contributed by atoms with Crippen molar-refractivity contribution < 1.29 is 4.79 Å². The number of nitrogens with one attached hydrogen (secondary N) is 2. The van der Waals surface area contributed by atoms with Gasteiger partial charge in [0.2, 0.25) is 5.95 Å². The number of amides is 1. The Morgan fingerprint density at radius 3 is 2.38 bits per heavy atom. The molecule has 5 nitrogen and oxygen atoms in total. The van der Waals surface area contributed by atoms with Crippen LogP contribution in [-0.4, -0.2) is 15.9 Å². The van der Waals surface area contributed by atoms with Crippen LogP contribution in [0.4, 0.5) is 11.6 Å². The van der Waals surface area contributed by atoms with E-state index in [-0.39, 0.29) is 5.91 Å². The van der Waals surface area contributed by atoms with Gasteiger partial charge in [-0.2, -0.15) is 0 Å². The Morgan fingerprint density at radius 2 is 1.59 bits per heavy atom. The highest BCUT2D eigenvalue weighted by molar-refractivity contribution is 5.95. The number of carbonyl (C=O) groups is 1. The van der Waals surface area contributed by atoms with E-state index in [1.54, 1.807) is 12.3 Å². The Kier molecular flexibility index (Phi) is 5.58. The standard InChI is InChI=1S/C24H20N4O/c29-23(26-17-18-8-3-1-4-9-18)20-11-7-10-19(16-20)22-14-15-25-24(28-22)27-21-12-5-2-6-13-21/h1-16H,17H2,(H,26,29)(H,25,27,28). The molecule has 29 heavy (non-hydrogen) atoms. The maximum absolute atomic E-state index is 12.6. The first-order valence-corrected chi connectivity index (χ1v) is 9.35. The van der Waals surface area contributed by atoms with Crippen molar-refractivity contribution in [2.75, 3.05) is 5.32 Å². The van der Waals surface area contributed by atoms with E-state index in [9.17, 15) is 4.79 Å². The number of hydrogen-bond donors (Lipinski definition) is 2. The minimum absolute atomic E-state index is 0.118. The number of anilines is 2. The number of hydrogen-bond acceptors (Lipinski definition) is 4. The van der Waals surface area contributed by atoms with E-state index in [4.69, 9.17) is 0 Å². The maximum atomic E-state index is 12.6. The van der Waals surface area contributed by atoms with Crippen LogP contribution >= 0.6 is 0 Å². The molecule has 0 atom stereocenters. The summed E-state index contributed by atoms with van der Waals surface area (Å²) in [4.78, 5) is 21.4. The lowest BCUT2D eigenvalue weighted by molar-refractivity contribution is 0.0951. The van der Waals surface area contributed by atoms with Crippen molar-refractivity contribution in [3.8, 4) is 11.3 Å². The molecule has 0 unspecified atom stereocenters. The van der Waals surface area contributed by atoms with E-state index >= 15 is 0 Å². The molecule has 0 aliphatic rings. The van der Waals surface area contributed by atoms with Gasteiger partial charge in [0.1, 0.15) is 0 Å². The van der Waals surface area contributed by atoms with E-state index < -0.39 is 0 Å². The number of nitrogens with zero attached hydrogens (tertiary/aromatic N) is 2. The molecule has 4 rings (SSSR count). The van der Waals surface area contributed by atoms with Crippen molar-refractivity contribution in [2.24, 2.45) is 0 Å². The summed E-state index contributed by atoms with van der Waals surface area (Å²) in [6.07, 6.45) is 1.70. The van der Waals surface area contributed by atoms with Crippen molar-refractivity contribution in [3.05, 3.63) is 108 Å². The van der Waals surface area contributed by atoms with Gasteiger partial charge in [-0.15, -0.1) is 0 Å². The summed E-state index contributed by atoms with van der Waals surface area (Å²) < 4.78 is 0. The van der Waals surface area contributed by atoms with Crippen molar-refractivity contribution in [2.45, 2.75) is 6.54 Å². The molecule has 2 N–H and O–H groups in total. The topological polar surface area (TPSA) is 66.9 Å². The molecule has 3 aromatic carbocycles. The van der Waals surface area contributed by atoms with Gasteiger partial charge < -0.3 is 10.6 Å². The first-order valence-electron chi connectivity index (χ1n) is 9.35. The number of aromatic nitrogens is 2. The van der Waals surface area contributed by atoms with Gasteiger partial charge in [0.05, 0.1) is 5.69 Å². The van der Waals surface area contributed by atoms with Gasteiger partial charge in [0.25, 0.3) is 5.91 Å². The molecule has 0 fully saturated rings. The molecule has 4 aromatic rings. The van der Waals surface area contributed by atoms with E-state index in [1.165, 1.54) is 0 Å². The Morgan fingerprint density at radius 1 is 0.828 bits per heavy atom. The molecule has 0 radical (unpaired) electrons. The highest BCUT2D eigenvalue weighted by atomic mass is 16.1. The molecule has 0 aliphatic heterocycles. The smallest absolute Gasteiger partial charge is 0.251 e. The predicted molar refractivity (Wildman–Crippen MR) is 115 cm³/mol. The zero-order valence-corrected chi connectivity index (χ0v) is 15.7. The zero-order chi connectivity index (χ0) is 19.9. The first-order chi connectivity index (χ1) is 14.3. The summed E-state index contributed by atoms with van der Waals surface area (Å²) in [6, 6.07) is 28.9. The molecule has 5 heteroatoms. The lowest BCUT2D eigenvalue weighted by atomic mass is 10.1. The summed E-state index contributed by atoms with van der Waals surface area (Å²) in [5.41, 5.74) is 4.17. The summed E-state index contributed by atoms with van der Waals surface area (Å²) in [5.74, 6) is 0.389. The minimum atomic E-state index is -0.118. The second kappa shape index (κ2) is 8.80. The fourth-order valence-electron chi connectivity index (χ4n) is 2.93. The van der Waals surface area contributed by atoms with Crippen molar-refractivity contribution in [1.82, 2.24) is 15.3 Å². The Labute approximate surface area is 169 Å². The average molecular weight is 380 g/mol. The SMILES string of the molecule is O=C(NCc1ccccc1)c1cccc(-c2ccnc(Nc3ccccc3)n2)c1. The van der Waals surface area contributed by atoms with Gasteiger partial charge >= 0.3 is 0 Å². The van der Waals surface area contributed by atoms with Crippen LogP contribution in [0, 0.1) is 0 Å². The normalized spacial score (nSPS) is 10.3. The van der Waals surface area contributed by atoms with Crippen LogP contribution < -0.4 is 10.6 Å². The number of benzene rings is 3. The van der Waals surface area contributed by atoms with Crippen LogP contribution in [0.3, 0.4) is 0 Å². The maximum Gasteiger partial charge on any atom is 0.251 e. The summed E-state index contributed by atoms with van der Waals surface area (Å²) in [6.45, 7) is 0.489. The fraction of sp³-hybridized carbons (Fsp3) is 0.0417. The van der Waals surface area contributed by atoms with Gasteiger partial charge in [-0.05, 0) is 35.9 Å². The third-order valence-corrected chi connectivity index (χ3v) is 4.40. The molecule has 1 aromatic heterocycles. The van der Waals surface area contributed by atoms with E-state index in [2.05, 4.69) is 20.6 Å². The summed E-state index contributed by atoms with van der Waals surface area (Å²) >= 11 is 0. The molecule has 0 spiro atoms. The largest absolute Gasteiger partial charge is 0.348 e. The zero-order valence-electron chi connectivity index (χ0n) is 15.7. The Hall–Kier alpha value is -3.99. The third-order valence-electron chi connectivity index (χ3n) is 4.40. The molecule has 0 saturated carbocycles. The number of carbonyl (C=O) groups excluding carboxylic acids is 1. The van der Waals surface area contributed by atoms with Crippen LogP contribution in [0.15, 0.2) is 97.2 Å². The van der Waals surface area contributed by atoms with Crippen molar-refractivity contribution in [1.29, 1.82) is 0 Å². The summed E-state index contributed by atoms with van der Waals surface area (Å²) in [5, 5.41) is 6.14. The molecular weight excluding hydrogens is 360 g/mol. The Balaban J connectivity index is 1.49. The lowest BCUT2D eigenvalue weighted by Crippen LogP contribution is -2.22. The fourth-order valence-corrected chi connectivity index (χ4v) is 2.93. The van der Waals surface area contributed by atoms with Crippen LogP contribution in [0.25, 0.3) is 11.3 Å². The van der Waals surface area contributed by atoms with E-state index in [0.717, 1.165) is 22.5 Å². The van der Waals surface area contributed by atoms with Crippen molar-refractivity contribution >= 4 is 17.5 Å². The molecule has 1 amide bonds. The van der Waals surface area contributed by atoms with Crippen LogP contribution in [0.5, 0.6) is 0 Å². The second-order valence-corrected chi connectivity index (χ2v) is 6.51. The number of rotatable bonds is 6. The van der Waals surface area contributed by atoms with Gasteiger partial charge in [-0.25, -0.2) is 9.97 Å². The number of para-hydroxylation sites is 1. The van der Waals surface area contributed by atoms with Gasteiger partial charge in [0.15, 0.2) is 0 Å². The van der Waals surface area contributed by atoms with E-state index in [0.29, 0.717) is 18.1 Å². The molecule has 142 valence electrons. The highest BCUT2D eigenvalue weighted by Crippen LogP contribution is 2.20. The molecule has 0 bridgehead atoms. The molecule has 0 saturated heterocycles. The molecular formula is C24H20N4O. The molecule has 0 aliphatic carbocycles. The Bertz CT molecular complexity index is 1100. The monoisotopic (exact) mass is 380 g/mol. The minimum Gasteiger partial charge on any atom is -0.348 e. The predicted octanol–water partition coefficient (Wildman–Crippen LogP) is 4.82. The average Bonchev–Trinajstić information content (AvgIpc) is 2.79. The van der Waals surface area contributed by atoms with Crippen LogP contribution in [0.2, 0.25) is 0 Å². The third kappa shape index (κ3) is 4.84. The molecule has 1 heterocycles. The van der Waals surface area contributed by atoms with Crippen LogP contribution in [-0.2, 0) is 6.54 Å². The second-order valence-electron chi connectivity index (χ2n) is 6.51. The van der Waals surface area contributed by atoms with E-state index in [1.807, 2.05) is 84.9 Å². The first kappa shape index (κ1) is 18.4. The summed E-state index contributed by atoms with van der Waals surface area (Å²) in [7, 11) is 0. The van der Waals surface area contributed by atoms with Gasteiger partial charge in [0, 0.05) is 29.6 Å². The lowest BCUT2D eigenvalue weighted by Gasteiger charge is -2.09.